The number of carboxylic acid groups (broad SMARTS) is 1. The highest BCUT2D eigenvalue weighted by Gasteiger charge is 2.22. The molecule has 3 N–H and O–H groups in total. The molecule has 0 bridgehead atoms. The fraction of sp³-hybridized carbons (Fsp3) is 0.667. The Hall–Kier alpha value is -1.69. The molecule has 21 heavy (non-hydrogen) atoms. The maximum absolute atomic E-state index is 11.2. The molecule has 2 unspecified atom stereocenters. The van der Waals surface area contributed by atoms with Crippen LogP contribution in [0.25, 0.3) is 0 Å². The van der Waals surface area contributed by atoms with Gasteiger partial charge in [-0.2, -0.15) is 0 Å². The molecule has 0 aromatic carbocycles. The summed E-state index contributed by atoms with van der Waals surface area (Å²) in [6.45, 7) is 7.37. The summed E-state index contributed by atoms with van der Waals surface area (Å²) in [5, 5.41) is 15.4. The minimum absolute atomic E-state index is 0.0819. The van der Waals surface area contributed by atoms with E-state index in [1.807, 2.05) is 13.8 Å². The van der Waals surface area contributed by atoms with Crippen LogP contribution in [0.3, 0.4) is 0 Å². The lowest BCUT2D eigenvalue weighted by atomic mass is 9.99. The van der Waals surface area contributed by atoms with E-state index < -0.39 is 12.0 Å². The first kappa shape index (κ1) is 17.4. The summed E-state index contributed by atoms with van der Waals surface area (Å²) in [5.41, 5.74) is 0.880. The molecule has 0 aliphatic rings. The molecule has 0 radical (unpaired) electrons. The number of nitrogens with one attached hydrogen (secondary N) is 2. The Morgan fingerprint density at radius 1 is 1.33 bits per heavy atom. The summed E-state index contributed by atoms with van der Waals surface area (Å²) in [5.74, 6) is -0.120. The van der Waals surface area contributed by atoms with Crippen molar-refractivity contribution in [3.05, 3.63) is 18.0 Å². The minimum Gasteiger partial charge on any atom is -0.480 e. The second kappa shape index (κ2) is 9.28. The number of carboxylic acids is 1. The minimum atomic E-state index is -0.817. The van der Waals surface area contributed by atoms with Crippen molar-refractivity contribution >= 4 is 11.9 Å². The largest absolute Gasteiger partial charge is 0.480 e. The number of anilines is 1. The number of carbonyl (C=O) groups is 1. The van der Waals surface area contributed by atoms with Crippen LogP contribution in [0.2, 0.25) is 0 Å². The van der Waals surface area contributed by atoms with Crippen molar-refractivity contribution in [1.82, 2.24) is 15.3 Å². The summed E-state index contributed by atoms with van der Waals surface area (Å²) < 4.78 is 0. The predicted octanol–water partition coefficient (Wildman–Crippen LogP) is 2.28. The number of hydrogen-bond donors (Lipinski definition) is 3. The molecule has 0 saturated carbocycles. The molecule has 0 aliphatic heterocycles. The number of aliphatic carboxylic acids is 1. The molecule has 0 spiro atoms. The molecule has 1 heterocycles. The van der Waals surface area contributed by atoms with Gasteiger partial charge in [-0.3, -0.25) is 10.1 Å². The van der Waals surface area contributed by atoms with Gasteiger partial charge in [0, 0.05) is 31.0 Å². The Bertz CT molecular complexity index is 422. The van der Waals surface area contributed by atoms with E-state index in [1.54, 1.807) is 12.4 Å². The van der Waals surface area contributed by atoms with E-state index in [0.717, 1.165) is 31.4 Å². The van der Waals surface area contributed by atoms with Crippen molar-refractivity contribution in [3.63, 3.8) is 0 Å². The van der Waals surface area contributed by atoms with Crippen LogP contribution in [0.5, 0.6) is 0 Å². The smallest absolute Gasteiger partial charge is 0.320 e. The first-order valence-corrected chi connectivity index (χ1v) is 7.59. The zero-order chi connectivity index (χ0) is 15.7. The highest BCUT2D eigenvalue weighted by atomic mass is 16.4. The molecule has 1 rings (SSSR count). The van der Waals surface area contributed by atoms with Crippen molar-refractivity contribution in [2.75, 3.05) is 11.9 Å². The van der Waals surface area contributed by atoms with Crippen LogP contribution < -0.4 is 10.6 Å². The van der Waals surface area contributed by atoms with E-state index in [4.69, 9.17) is 0 Å². The number of rotatable bonds is 10. The molecular formula is C15H26N4O2. The number of nitrogens with zero attached hydrogens (tertiary/aromatic N) is 2. The number of aromatic nitrogens is 2. The van der Waals surface area contributed by atoms with Crippen molar-refractivity contribution in [2.45, 2.75) is 52.6 Å². The lowest BCUT2D eigenvalue weighted by molar-refractivity contribution is -0.140. The topological polar surface area (TPSA) is 87.1 Å². The van der Waals surface area contributed by atoms with Gasteiger partial charge in [0.2, 0.25) is 5.95 Å². The molecule has 2 atom stereocenters. The SMILES string of the molecule is CCCCNc1ncc(CNC(C(=O)O)C(C)CC)cn1. The van der Waals surface area contributed by atoms with E-state index in [1.165, 1.54) is 0 Å². The van der Waals surface area contributed by atoms with Crippen LogP contribution in [0.1, 0.15) is 45.6 Å². The van der Waals surface area contributed by atoms with Crippen LogP contribution in [-0.2, 0) is 11.3 Å². The average Bonchev–Trinajstić information content (AvgIpc) is 2.48. The maximum Gasteiger partial charge on any atom is 0.320 e. The van der Waals surface area contributed by atoms with Gasteiger partial charge in [0.25, 0.3) is 0 Å². The maximum atomic E-state index is 11.2. The van der Waals surface area contributed by atoms with Gasteiger partial charge in [-0.25, -0.2) is 9.97 Å². The Labute approximate surface area is 126 Å². The summed E-state index contributed by atoms with van der Waals surface area (Å²) >= 11 is 0. The van der Waals surface area contributed by atoms with Gasteiger partial charge < -0.3 is 10.4 Å². The molecule has 1 aromatic rings. The van der Waals surface area contributed by atoms with Crippen molar-refractivity contribution in [3.8, 4) is 0 Å². The van der Waals surface area contributed by atoms with Gasteiger partial charge in [-0.15, -0.1) is 0 Å². The molecule has 0 fully saturated rings. The lowest BCUT2D eigenvalue weighted by Crippen LogP contribution is -2.41. The first-order chi connectivity index (χ1) is 10.1. The van der Waals surface area contributed by atoms with Gasteiger partial charge in [0.1, 0.15) is 6.04 Å². The highest BCUT2D eigenvalue weighted by molar-refractivity contribution is 5.73. The van der Waals surface area contributed by atoms with E-state index in [2.05, 4.69) is 27.5 Å². The first-order valence-electron chi connectivity index (χ1n) is 7.59. The monoisotopic (exact) mass is 294 g/mol. The fourth-order valence-corrected chi connectivity index (χ4v) is 1.91. The van der Waals surface area contributed by atoms with Gasteiger partial charge in [0.05, 0.1) is 0 Å². The van der Waals surface area contributed by atoms with Crippen molar-refractivity contribution in [1.29, 1.82) is 0 Å². The Morgan fingerprint density at radius 3 is 2.52 bits per heavy atom. The van der Waals surface area contributed by atoms with E-state index >= 15 is 0 Å². The molecular weight excluding hydrogens is 268 g/mol. The van der Waals surface area contributed by atoms with Crippen LogP contribution in [0.15, 0.2) is 12.4 Å². The van der Waals surface area contributed by atoms with Crippen LogP contribution in [-0.4, -0.2) is 33.6 Å². The van der Waals surface area contributed by atoms with Gasteiger partial charge in [-0.1, -0.05) is 33.6 Å². The van der Waals surface area contributed by atoms with Crippen molar-refractivity contribution < 1.29 is 9.90 Å². The quantitative estimate of drug-likeness (QED) is 0.574. The molecule has 0 saturated heterocycles. The second-order valence-electron chi connectivity index (χ2n) is 5.28. The van der Waals surface area contributed by atoms with E-state index in [9.17, 15) is 9.90 Å². The summed E-state index contributed by atoms with van der Waals surface area (Å²) in [6.07, 6.45) is 6.48. The third-order valence-corrected chi connectivity index (χ3v) is 3.52. The third kappa shape index (κ3) is 6.08. The molecule has 1 aromatic heterocycles. The van der Waals surface area contributed by atoms with Gasteiger partial charge in [-0.05, 0) is 12.3 Å². The zero-order valence-electron chi connectivity index (χ0n) is 13.1. The van der Waals surface area contributed by atoms with Crippen LogP contribution >= 0.6 is 0 Å². The van der Waals surface area contributed by atoms with Gasteiger partial charge in [0.15, 0.2) is 0 Å². The third-order valence-electron chi connectivity index (χ3n) is 3.52. The second-order valence-corrected chi connectivity index (χ2v) is 5.28. The molecule has 0 amide bonds. The molecule has 6 nitrogen and oxygen atoms in total. The Balaban J connectivity index is 2.49. The zero-order valence-corrected chi connectivity index (χ0v) is 13.1. The van der Waals surface area contributed by atoms with Crippen LogP contribution in [0.4, 0.5) is 5.95 Å². The van der Waals surface area contributed by atoms with Crippen LogP contribution in [0, 0.1) is 5.92 Å². The fourth-order valence-electron chi connectivity index (χ4n) is 1.91. The lowest BCUT2D eigenvalue weighted by Gasteiger charge is -2.20. The molecule has 118 valence electrons. The molecule has 0 aliphatic carbocycles. The number of unbranched alkanes of at least 4 members (excludes halogenated alkanes) is 1. The summed E-state index contributed by atoms with van der Waals surface area (Å²) in [6, 6.07) is -0.544. The normalized spacial score (nSPS) is 13.7. The van der Waals surface area contributed by atoms with Gasteiger partial charge >= 0.3 is 5.97 Å². The standard InChI is InChI=1S/C15H26N4O2/c1-4-6-7-16-15-18-9-12(10-19-15)8-17-13(14(20)21)11(3)5-2/h9-11,13,17H,4-8H2,1-3H3,(H,20,21)(H,16,18,19). The van der Waals surface area contributed by atoms with E-state index in [-0.39, 0.29) is 5.92 Å². The van der Waals surface area contributed by atoms with Crippen molar-refractivity contribution in [2.24, 2.45) is 5.92 Å². The Kier molecular flexibility index (Phi) is 7.68. The highest BCUT2D eigenvalue weighted by Crippen LogP contribution is 2.09. The summed E-state index contributed by atoms with van der Waals surface area (Å²) in [7, 11) is 0. The average molecular weight is 294 g/mol. The summed E-state index contributed by atoms with van der Waals surface area (Å²) in [4.78, 5) is 19.7. The molecule has 6 heteroatoms. The predicted molar refractivity (Wildman–Crippen MR) is 83.1 cm³/mol. The van der Waals surface area contributed by atoms with E-state index in [0.29, 0.717) is 12.5 Å². The number of hydrogen-bond acceptors (Lipinski definition) is 5. The Morgan fingerprint density at radius 2 is 2.00 bits per heavy atom.